The summed E-state index contributed by atoms with van der Waals surface area (Å²) in [5.74, 6) is -1.79. The molecule has 0 unspecified atom stereocenters. The van der Waals surface area contributed by atoms with Crippen LogP contribution in [-0.4, -0.2) is 16.1 Å². The summed E-state index contributed by atoms with van der Waals surface area (Å²) in [6, 6.07) is 7.22. The lowest BCUT2D eigenvalue weighted by Crippen LogP contribution is -2.23. The van der Waals surface area contributed by atoms with E-state index in [1.807, 2.05) is 12.1 Å². The second-order valence-electron chi connectivity index (χ2n) is 5.17. The number of halogens is 2. The van der Waals surface area contributed by atoms with Gasteiger partial charge in [0.15, 0.2) is 0 Å². The Bertz CT molecular complexity index is 602. The predicted molar refractivity (Wildman–Crippen MR) is 70.3 cm³/mol. The first-order valence-electron chi connectivity index (χ1n) is 6.61. The van der Waals surface area contributed by atoms with Crippen LogP contribution in [0, 0.1) is 0 Å². The van der Waals surface area contributed by atoms with Crippen LogP contribution in [0.25, 0.3) is 11.4 Å². The van der Waals surface area contributed by atoms with E-state index in [0.717, 1.165) is 0 Å². The average Bonchev–Trinajstić information content (AvgIpc) is 2.88. The fourth-order valence-corrected chi connectivity index (χ4v) is 2.50. The maximum atomic E-state index is 13.1. The molecule has 20 heavy (non-hydrogen) atoms. The monoisotopic (exact) mass is 279 g/mol. The van der Waals surface area contributed by atoms with Crippen LogP contribution < -0.4 is 5.73 Å². The topological polar surface area (TPSA) is 64.9 Å². The largest absolute Gasteiger partial charge is 0.398 e. The number of hydrogen-bond acceptors (Lipinski definition) is 4. The highest BCUT2D eigenvalue weighted by Crippen LogP contribution is 2.40. The lowest BCUT2D eigenvalue weighted by Gasteiger charge is -2.25. The Morgan fingerprint density at radius 3 is 2.60 bits per heavy atom. The molecule has 1 aromatic carbocycles. The normalized spacial score (nSPS) is 19.1. The van der Waals surface area contributed by atoms with E-state index in [2.05, 4.69) is 10.1 Å². The minimum Gasteiger partial charge on any atom is -0.398 e. The van der Waals surface area contributed by atoms with Gasteiger partial charge in [0, 0.05) is 30.0 Å². The van der Waals surface area contributed by atoms with Crippen LogP contribution in [0.3, 0.4) is 0 Å². The molecule has 1 aromatic heterocycles. The fourth-order valence-electron chi connectivity index (χ4n) is 2.50. The van der Waals surface area contributed by atoms with Gasteiger partial charge in [0.25, 0.3) is 0 Å². The molecule has 4 nitrogen and oxygen atoms in total. The smallest absolute Gasteiger partial charge is 0.248 e. The minimum atomic E-state index is -2.55. The average molecular weight is 279 g/mol. The molecule has 0 spiro atoms. The molecule has 1 fully saturated rings. The maximum absolute atomic E-state index is 13.1. The Kier molecular flexibility index (Phi) is 3.16. The summed E-state index contributed by atoms with van der Waals surface area (Å²) in [7, 11) is 0. The number of alkyl halides is 2. The Balaban J connectivity index is 1.80. The van der Waals surface area contributed by atoms with Crippen molar-refractivity contribution in [1.29, 1.82) is 0 Å². The number of hydrogen-bond donors (Lipinski definition) is 1. The molecule has 0 radical (unpaired) electrons. The molecule has 2 N–H and O–H groups in total. The van der Waals surface area contributed by atoms with Gasteiger partial charge in [0.05, 0.1) is 0 Å². The lowest BCUT2D eigenvalue weighted by molar-refractivity contribution is -0.0402. The molecule has 0 aliphatic heterocycles. The van der Waals surface area contributed by atoms with Crippen LogP contribution in [0.2, 0.25) is 0 Å². The van der Waals surface area contributed by atoms with Crippen molar-refractivity contribution in [3.8, 4) is 11.4 Å². The van der Waals surface area contributed by atoms with Crippen LogP contribution in [0.1, 0.15) is 37.5 Å². The van der Waals surface area contributed by atoms with Gasteiger partial charge in [0.1, 0.15) is 0 Å². The van der Waals surface area contributed by atoms with Crippen molar-refractivity contribution in [1.82, 2.24) is 10.1 Å². The highest BCUT2D eigenvalue weighted by molar-refractivity contribution is 5.70. The highest BCUT2D eigenvalue weighted by atomic mass is 19.3. The molecule has 0 bridgehead atoms. The summed E-state index contributed by atoms with van der Waals surface area (Å²) in [4.78, 5) is 4.31. The van der Waals surface area contributed by atoms with Crippen molar-refractivity contribution in [3.05, 3.63) is 30.2 Å². The maximum Gasteiger partial charge on any atom is 0.248 e. The van der Waals surface area contributed by atoms with Gasteiger partial charge in [-0.15, -0.1) is 0 Å². The first-order valence-corrected chi connectivity index (χ1v) is 6.61. The molecule has 1 aliphatic carbocycles. The van der Waals surface area contributed by atoms with Crippen molar-refractivity contribution >= 4 is 5.69 Å². The Morgan fingerprint density at radius 2 is 1.90 bits per heavy atom. The van der Waals surface area contributed by atoms with Gasteiger partial charge in [-0.2, -0.15) is 4.98 Å². The van der Waals surface area contributed by atoms with E-state index in [1.54, 1.807) is 12.1 Å². The molecule has 1 heterocycles. The highest BCUT2D eigenvalue weighted by Gasteiger charge is 2.37. The first-order chi connectivity index (χ1) is 9.55. The number of rotatable bonds is 2. The predicted octanol–water partition coefficient (Wildman–Crippen LogP) is 3.61. The molecular formula is C14H15F2N3O. The van der Waals surface area contributed by atoms with Crippen molar-refractivity contribution < 1.29 is 13.3 Å². The van der Waals surface area contributed by atoms with Crippen molar-refractivity contribution in [3.63, 3.8) is 0 Å². The Morgan fingerprint density at radius 1 is 1.20 bits per heavy atom. The van der Waals surface area contributed by atoms with Crippen LogP contribution in [0.5, 0.6) is 0 Å². The van der Waals surface area contributed by atoms with Gasteiger partial charge in [0.2, 0.25) is 17.6 Å². The molecule has 0 saturated heterocycles. The zero-order chi connectivity index (χ0) is 14.2. The summed E-state index contributed by atoms with van der Waals surface area (Å²) in [6.45, 7) is 0. The van der Waals surface area contributed by atoms with E-state index >= 15 is 0 Å². The minimum absolute atomic E-state index is 0.0826. The summed E-state index contributed by atoms with van der Waals surface area (Å²) in [5, 5.41) is 3.91. The van der Waals surface area contributed by atoms with E-state index in [4.69, 9.17) is 10.3 Å². The number of para-hydroxylation sites is 1. The second-order valence-corrected chi connectivity index (χ2v) is 5.17. The van der Waals surface area contributed by atoms with Crippen molar-refractivity contribution in [2.24, 2.45) is 0 Å². The van der Waals surface area contributed by atoms with Crippen LogP contribution in [0.15, 0.2) is 28.8 Å². The second kappa shape index (κ2) is 4.85. The molecule has 0 amide bonds. The SMILES string of the molecule is Nc1ccccc1-c1noc(C2CCC(F)(F)CC2)n1. The number of benzene rings is 1. The molecule has 6 heteroatoms. The van der Waals surface area contributed by atoms with E-state index in [-0.39, 0.29) is 18.8 Å². The van der Waals surface area contributed by atoms with E-state index in [0.29, 0.717) is 35.8 Å². The Labute approximate surface area is 115 Å². The van der Waals surface area contributed by atoms with Gasteiger partial charge in [-0.1, -0.05) is 17.3 Å². The molecule has 1 saturated carbocycles. The van der Waals surface area contributed by atoms with Crippen molar-refractivity contribution in [2.45, 2.75) is 37.5 Å². The van der Waals surface area contributed by atoms with Crippen molar-refractivity contribution in [2.75, 3.05) is 5.73 Å². The zero-order valence-electron chi connectivity index (χ0n) is 10.9. The third-order valence-corrected chi connectivity index (χ3v) is 3.71. The number of anilines is 1. The standard InChI is InChI=1S/C14H15F2N3O/c15-14(16)7-5-9(6-8-14)13-18-12(19-20-13)10-3-1-2-4-11(10)17/h1-4,9H,5-8,17H2. The third-order valence-electron chi connectivity index (χ3n) is 3.71. The summed E-state index contributed by atoms with van der Waals surface area (Å²) >= 11 is 0. The van der Waals surface area contributed by atoms with Crippen LogP contribution in [-0.2, 0) is 0 Å². The zero-order valence-corrected chi connectivity index (χ0v) is 10.9. The molecular weight excluding hydrogens is 264 g/mol. The van der Waals surface area contributed by atoms with E-state index < -0.39 is 5.92 Å². The van der Waals surface area contributed by atoms with E-state index in [9.17, 15) is 8.78 Å². The molecule has 2 aromatic rings. The van der Waals surface area contributed by atoms with Crippen LogP contribution >= 0.6 is 0 Å². The molecule has 1 aliphatic rings. The number of nitrogens with zero attached hydrogens (tertiary/aromatic N) is 2. The molecule has 106 valence electrons. The lowest BCUT2D eigenvalue weighted by atomic mass is 9.87. The van der Waals surface area contributed by atoms with Gasteiger partial charge >= 0.3 is 0 Å². The number of nitrogen functional groups attached to an aromatic ring is 1. The Hall–Kier alpha value is -1.98. The fraction of sp³-hybridized carbons (Fsp3) is 0.429. The third kappa shape index (κ3) is 2.50. The number of aromatic nitrogens is 2. The summed E-state index contributed by atoms with van der Waals surface area (Å²) in [6.07, 6.45) is 0.503. The molecule has 0 atom stereocenters. The van der Waals surface area contributed by atoms with Gasteiger partial charge in [-0.3, -0.25) is 0 Å². The van der Waals surface area contributed by atoms with E-state index in [1.165, 1.54) is 0 Å². The first kappa shape index (κ1) is 13.0. The van der Waals surface area contributed by atoms with Gasteiger partial charge in [-0.05, 0) is 25.0 Å². The summed E-state index contributed by atoms with van der Waals surface area (Å²) in [5.41, 5.74) is 7.12. The van der Waals surface area contributed by atoms with Gasteiger partial charge in [-0.25, -0.2) is 8.78 Å². The summed E-state index contributed by atoms with van der Waals surface area (Å²) < 4.78 is 31.5. The number of nitrogens with two attached hydrogens (primary N) is 1. The van der Waals surface area contributed by atoms with Gasteiger partial charge < -0.3 is 10.3 Å². The van der Waals surface area contributed by atoms with Crippen LogP contribution in [0.4, 0.5) is 14.5 Å². The quantitative estimate of drug-likeness (QED) is 0.853. The molecule has 3 rings (SSSR count).